The predicted molar refractivity (Wildman–Crippen MR) is 81.4 cm³/mol. The highest BCUT2D eigenvalue weighted by atomic mass is 32.2. The summed E-state index contributed by atoms with van der Waals surface area (Å²) in [7, 11) is -3.34. The maximum absolute atomic E-state index is 13.4. The molecule has 2 aliphatic heterocycles. The lowest BCUT2D eigenvalue weighted by molar-refractivity contribution is 0.365. The van der Waals surface area contributed by atoms with Crippen molar-refractivity contribution in [3.63, 3.8) is 0 Å². The van der Waals surface area contributed by atoms with Crippen molar-refractivity contribution in [3.05, 3.63) is 29.6 Å². The molecule has 1 aromatic rings. The number of fused-ring (bicyclic) bond motifs is 1. The molecule has 1 aromatic carbocycles. The van der Waals surface area contributed by atoms with Gasteiger partial charge in [0.25, 0.3) is 0 Å². The summed E-state index contributed by atoms with van der Waals surface area (Å²) in [6.45, 7) is 2.39. The number of hydrogen-bond acceptors (Lipinski definition) is 3. The normalized spacial score (nSPS) is 19.8. The quantitative estimate of drug-likeness (QED) is 0.924. The Kier molecular flexibility index (Phi) is 4.17. The molecular weight excluding hydrogens is 291 g/mol. The minimum Gasteiger partial charge on any atom is -0.317 e. The van der Waals surface area contributed by atoms with E-state index in [0.717, 1.165) is 31.5 Å². The third-order valence-corrected chi connectivity index (χ3v) is 6.28. The van der Waals surface area contributed by atoms with E-state index in [1.807, 2.05) is 0 Å². The van der Waals surface area contributed by atoms with Gasteiger partial charge in [-0.05, 0) is 62.4 Å². The van der Waals surface area contributed by atoms with Gasteiger partial charge in [0.1, 0.15) is 5.82 Å². The molecule has 0 aromatic heterocycles. The largest absolute Gasteiger partial charge is 0.317 e. The van der Waals surface area contributed by atoms with Crippen molar-refractivity contribution < 1.29 is 12.8 Å². The lowest BCUT2D eigenvalue weighted by atomic mass is 9.96. The molecule has 4 nitrogen and oxygen atoms in total. The average molecular weight is 312 g/mol. The van der Waals surface area contributed by atoms with Crippen LogP contribution < -0.4 is 9.62 Å². The summed E-state index contributed by atoms with van der Waals surface area (Å²) in [6, 6.07) is 4.42. The Labute approximate surface area is 125 Å². The van der Waals surface area contributed by atoms with E-state index >= 15 is 0 Å². The predicted octanol–water partition coefficient (Wildman–Crippen LogP) is 1.91. The fraction of sp³-hybridized carbons (Fsp3) is 0.600. The standard InChI is InChI=1S/C15H21FN2O2S/c16-14-2-1-13-5-9-18(15(13)11-14)21(19,20)10-6-12-3-7-17-8-4-12/h1-2,11-12,17H,3-10H2. The second-order valence-corrected chi connectivity index (χ2v) is 7.91. The van der Waals surface area contributed by atoms with E-state index < -0.39 is 10.0 Å². The number of halogens is 1. The highest BCUT2D eigenvalue weighted by Gasteiger charge is 2.30. The Balaban J connectivity index is 1.70. The molecule has 0 amide bonds. The Bertz CT molecular complexity index is 612. The summed E-state index contributed by atoms with van der Waals surface area (Å²) in [5, 5.41) is 3.28. The molecule has 0 spiro atoms. The molecular formula is C15H21FN2O2S. The molecule has 2 aliphatic rings. The van der Waals surface area contributed by atoms with E-state index in [-0.39, 0.29) is 11.6 Å². The lowest BCUT2D eigenvalue weighted by Gasteiger charge is -2.24. The number of anilines is 1. The van der Waals surface area contributed by atoms with E-state index in [1.54, 1.807) is 6.07 Å². The third kappa shape index (κ3) is 3.21. The van der Waals surface area contributed by atoms with E-state index in [2.05, 4.69) is 5.32 Å². The molecule has 0 saturated carbocycles. The van der Waals surface area contributed by atoms with Crippen LogP contribution in [0.3, 0.4) is 0 Å². The van der Waals surface area contributed by atoms with Crippen molar-refractivity contribution in [1.82, 2.24) is 5.32 Å². The molecule has 1 saturated heterocycles. The molecule has 0 aliphatic carbocycles. The second-order valence-electron chi connectivity index (χ2n) is 5.89. The van der Waals surface area contributed by atoms with Gasteiger partial charge in [-0.15, -0.1) is 0 Å². The number of nitrogens with one attached hydrogen (secondary N) is 1. The summed E-state index contributed by atoms with van der Waals surface area (Å²) in [5.41, 5.74) is 1.45. The molecule has 116 valence electrons. The van der Waals surface area contributed by atoms with E-state index in [1.165, 1.54) is 16.4 Å². The Morgan fingerprint density at radius 1 is 1.29 bits per heavy atom. The van der Waals surface area contributed by atoms with Crippen LogP contribution in [-0.2, 0) is 16.4 Å². The summed E-state index contributed by atoms with van der Waals surface area (Å²) in [4.78, 5) is 0. The van der Waals surface area contributed by atoms with Gasteiger partial charge < -0.3 is 5.32 Å². The first kappa shape index (κ1) is 14.8. The number of piperidine rings is 1. The topological polar surface area (TPSA) is 49.4 Å². The van der Waals surface area contributed by atoms with Crippen LogP contribution in [-0.4, -0.2) is 33.8 Å². The highest BCUT2D eigenvalue weighted by molar-refractivity contribution is 7.92. The van der Waals surface area contributed by atoms with Crippen LogP contribution in [0.15, 0.2) is 18.2 Å². The van der Waals surface area contributed by atoms with Gasteiger partial charge in [0.15, 0.2) is 0 Å². The average Bonchev–Trinajstić information content (AvgIpc) is 2.90. The highest BCUT2D eigenvalue weighted by Crippen LogP contribution is 2.31. The zero-order valence-electron chi connectivity index (χ0n) is 12.0. The first-order chi connectivity index (χ1) is 10.1. The maximum Gasteiger partial charge on any atom is 0.235 e. The molecule has 0 bridgehead atoms. The number of hydrogen-bond donors (Lipinski definition) is 1. The zero-order valence-corrected chi connectivity index (χ0v) is 12.8. The van der Waals surface area contributed by atoms with Gasteiger partial charge >= 0.3 is 0 Å². The maximum atomic E-state index is 13.4. The lowest BCUT2D eigenvalue weighted by Crippen LogP contribution is -2.34. The van der Waals surface area contributed by atoms with E-state index in [0.29, 0.717) is 31.0 Å². The Morgan fingerprint density at radius 2 is 2.05 bits per heavy atom. The van der Waals surface area contributed by atoms with Gasteiger partial charge in [0.05, 0.1) is 11.4 Å². The van der Waals surface area contributed by atoms with Crippen LogP contribution in [0, 0.1) is 11.7 Å². The summed E-state index contributed by atoms with van der Waals surface area (Å²) < 4.78 is 39.8. The number of rotatable bonds is 4. The minimum atomic E-state index is -3.34. The van der Waals surface area contributed by atoms with Gasteiger partial charge in [0, 0.05) is 6.54 Å². The molecule has 0 unspecified atom stereocenters. The number of nitrogens with zero attached hydrogens (tertiary/aromatic N) is 1. The smallest absolute Gasteiger partial charge is 0.235 e. The fourth-order valence-electron chi connectivity index (χ4n) is 3.21. The Morgan fingerprint density at radius 3 is 2.81 bits per heavy atom. The monoisotopic (exact) mass is 312 g/mol. The first-order valence-electron chi connectivity index (χ1n) is 7.56. The van der Waals surface area contributed by atoms with E-state index in [4.69, 9.17) is 0 Å². The van der Waals surface area contributed by atoms with Gasteiger partial charge in [-0.3, -0.25) is 4.31 Å². The van der Waals surface area contributed by atoms with Crippen LogP contribution in [0.5, 0.6) is 0 Å². The van der Waals surface area contributed by atoms with Gasteiger partial charge in [-0.1, -0.05) is 6.07 Å². The van der Waals surface area contributed by atoms with Crippen LogP contribution in [0.2, 0.25) is 0 Å². The van der Waals surface area contributed by atoms with Crippen LogP contribution >= 0.6 is 0 Å². The number of sulfonamides is 1. The molecule has 6 heteroatoms. The Hall–Kier alpha value is -1.14. The molecule has 2 heterocycles. The summed E-state index contributed by atoms with van der Waals surface area (Å²) in [6.07, 6.45) is 3.45. The molecule has 21 heavy (non-hydrogen) atoms. The SMILES string of the molecule is O=S(=O)(CCC1CCNCC1)N1CCc2ccc(F)cc21. The number of benzene rings is 1. The van der Waals surface area contributed by atoms with Crippen LogP contribution in [0.1, 0.15) is 24.8 Å². The zero-order chi connectivity index (χ0) is 14.9. The van der Waals surface area contributed by atoms with Crippen LogP contribution in [0.4, 0.5) is 10.1 Å². The fourth-order valence-corrected chi connectivity index (χ4v) is 4.90. The van der Waals surface area contributed by atoms with Crippen molar-refractivity contribution in [2.45, 2.75) is 25.7 Å². The third-order valence-electron chi connectivity index (χ3n) is 4.48. The summed E-state index contributed by atoms with van der Waals surface area (Å²) >= 11 is 0. The van der Waals surface area contributed by atoms with E-state index in [9.17, 15) is 12.8 Å². The van der Waals surface area contributed by atoms with Crippen molar-refractivity contribution in [2.24, 2.45) is 5.92 Å². The van der Waals surface area contributed by atoms with Crippen LogP contribution in [0.25, 0.3) is 0 Å². The summed E-state index contributed by atoms with van der Waals surface area (Å²) in [5.74, 6) is 0.262. The molecule has 0 atom stereocenters. The van der Waals surface area contributed by atoms with Crippen molar-refractivity contribution >= 4 is 15.7 Å². The van der Waals surface area contributed by atoms with Gasteiger partial charge in [0.2, 0.25) is 10.0 Å². The van der Waals surface area contributed by atoms with Crippen molar-refractivity contribution in [2.75, 3.05) is 29.7 Å². The van der Waals surface area contributed by atoms with Crippen molar-refractivity contribution in [3.8, 4) is 0 Å². The molecule has 3 rings (SSSR count). The second kappa shape index (κ2) is 5.93. The minimum absolute atomic E-state index is 0.160. The first-order valence-corrected chi connectivity index (χ1v) is 9.17. The molecule has 1 N–H and O–H groups in total. The van der Waals surface area contributed by atoms with Gasteiger partial charge in [-0.25, -0.2) is 12.8 Å². The van der Waals surface area contributed by atoms with Crippen molar-refractivity contribution in [1.29, 1.82) is 0 Å². The molecule has 1 fully saturated rings. The van der Waals surface area contributed by atoms with Gasteiger partial charge in [-0.2, -0.15) is 0 Å². The molecule has 0 radical (unpaired) electrons.